The van der Waals surface area contributed by atoms with E-state index in [-0.39, 0.29) is 16.7 Å². The van der Waals surface area contributed by atoms with Crippen molar-refractivity contribution in [1.29, 1.82) is 0 Å². The summed E-state index contributed by atoms with van der Waals surface area (Å²) in [7, 11) is 0. The van der Waals surface area contributed by atoms with Gasteiger partial charge < -0.3 is 5.32 Å². The molecule has 1 N–H and O–H groups in total. The zero-order valence-corrected chi connectivity index (χ0v) is 14.0. The van der Waals surface area contributed by atoms with E-state index in [1.54, 1.807) is 29.3 Å². The van der Waals surface area contributed by atoms with Gasteiger partial charge in [-0.2, -0.15) is 0 Å². The highest BCUT2D eigenvalue weighted by atomic mass is 32.2. The monoisotopic (exact) mass is 322 g/mol. The number of thiazole rings is 1. The van der Waals surface area contributed by atoms with Gasteiger partial charge in [0.15, 0.2) is 4.34 Å². The molecule has 1 atom stereocenters. The fourth-order valence-corrected chi connectivity index (χ4v) is 6.87. The van der Waals surface area contributed by atoms with Gasteiger partial charge in [0.05, 0.1) is 5.25 Å². The number of rotatable bonds is 4. The average molecular weight is 322 g/mol. The average Bonchev–Trinajstić information content (AvgIpc) is 2.89. The summed E-state index contributed by atoms with van der Waals surface area (Å²) < 4.78 is 0.989. The summed E-state index contributed by atoms with van der Waals surface area (Å²) >= 11 is 3.19. The van der Waals surface area contributed by atoms with Gasteiger partial charge in [0, 0.05) is 17.1 Å². The molecule has 0 spiro atoms. The van der Waals surface area contributed by atoms with E-state index in [1.807, 2.05) is 12.3 Å². The third-order valence-corrected chi connectivity index (χ3v) is 7.50. The molecule has 3 nitrogen and oxygen atoms in total. The second-order valence-corrected chi connectivity index (χ2v) is 9.73. The maximum Gasteiger partial charge on any atom is 0.233 e. The van der Waals surface area contributed by atoms with Crippen LogP contribution in [0.15, 0.2) is 15.9 Å². The molecule has 114 valence electrons. The van der Waals surface area contributed by atoms with Gasteiger partial charge in [-0.3, -0.25) is 4.79 Å². The first kappa shape index (κ1) is 14.1. The minimum atomic E-state index is -0.0517. The molecule has 1 aromatic rings. The van der Waals surface area contributed by atoms with Crippen molar-refractivity contribution in [2.75, 3.05) is 0 Å². The minimum Gasteiger partial charge on any atom is -0.350 e. The van der Waals surface area contributed by atoms with Crippen LogP contribution in [-0.2, 0) is 4.79 Å². The van der Waals surface area contributed by atoms with Crippen molar-refractivity contribution < 1.29 is 4.79 Å². The molecule has 4 aliphatic carbocycles. The lowest BCUT2D eigenvalue weighted by Gasteiger charge is -2.57. The molecule has 1 amide bonds. The summed E-state index contributed by atoms with van der Waals surface area (Å²) in [4.78, 5) is 16.9. The Morgan fingerprint density at radius 3 is 2.48 bits per heavy atom. The lowest BCUT2D eigenvalue weighted by Crippen LogP contribution is -2.60. The number of nitrogens with zero attached hydrogens (tertiary/aromatic N) is 1. The summed E-state index contributed by atoms with van der Waals surface area (Å²) in [6.45, 7) is 2.00. The lowest BCUT2D eigenvalue weighted by atomic mass is 9.53. The number of nitrogens with one attached hydrogen (secondary N) is 1. The molecule has 4 aliphatic rings. The quantitative estimate of drug-likeness (QED) is 0.859. The Morgan fingerprint density at radius 1 is 1.33 bits per heavy atom. The number of carbonyl (C=O) groups is 1. The van der Waals surface area contributed by atoms with Crippen LogP contribution < -0.4 is 5.32 Å². The summed E-state index contributed by atoms with van der Waals surface area (Å²) in [6, 6.07) is 0. The number of carbonyl (C=O) groups excluding carboxylic acids is 1. The van der Waals surface area contributed by atoms with Gasteiger partial charge in [0.25, 0.3) is 0 Å². The second kappa shape index (κ2) is 5.27. The molecule has 5 rings (SSSR count). The number of aromatic nitrogens is 1. The third kappa shape index (κ3) is 2.74. The van der Waals surface area contributed by atoms with Gasteiger partial charge in [-0.15, -0.1) is 11.3 Å². The fourth-order valence-electron chi connectivity index (χ4n) is 5.10. The molecule has 5 heteroatoms. The molecule has 1 heterocycles. The van der Waals surface area contributed by atoms with Gasteiger partial charge in [-0.25, -0.2) is 4.98 Å². The van der Waals surface area contributed by atoms with Crippen LogP contribution in [0.2, 0.25) is 0 Å². The van der Waals surface area contributed by atoms with Crippen LogP contribution in [0.5, 0.6) is 0 Å². The van der Waals surface area contributed by atoms with Gasteiger partial charge in [0.1, 0.15) is 0 Å². The van der Waals surface area contributed by atoms with Crippen molar-refractivity contribution in [2.45, 2.75) is 60.6 Å². The van der Waals surface area contributed by atoms with Crippen molar-refractivity contribution in [3.63, 3.8) is 0 Å². The van der Waals surface area contributed by atoms with Crippen molar-refractivity contribution in [3.8, 4) is 0 Å². The van der Waals surface area contributed by atoms with Crippen molar-refractivity contribution >= 4 is 29.0 Å². The van der Waals surface area contributed by atoms with E-state index in [9.17, 15) is 4.79 Å². The molecular weight excluding hydrogens is 300 g/mol. The van der Waals surface area contributed by atoms with E-state index in [2.05, 4.69) is 10.3 Å². The maximum atomic E-state index is 12.6. The highest BCUT2D eigenvalue weighted by Crippen LogP contribution is 2.55. The topological polar surface area (TPSA) is 42.0 Å². The summed E-state index contributed by atoms with van der Waals surface area (Å²) in [5.74, 6) is 2.83. The smallest absolute Gasteiger partial charge is 0.233 e. The molecule has 0 aromatic carbocycles. The second-order valence-electron chi connectivity index (χ2n) is 7.25. The Labute approximate surface area is 134 Å². The molecule has 1 unspecified atom stereocenters. The summed E-state index contributed by atoms with van der Waals surface area (Å²) in [5, 5.41) is 5.37. The van der Waals surface area contributed by atoms with E-state index in [4.69, 9.17) is 0 Å². The lowest BCUT2D eigenvalue weighted by molar-refractivity contribution is -0.126. The first-order valence-electron chi connectivity index (χ1n) is 8.00. The zero-order chi connectivity index (χ0) is 14.4. The van der Waals surface area contributed by atoms with E-state index < -0.39 is 0 Å². The Bertz CT molecular complexity index is 493. The Balaban J connectivity index is 1.42. The first-order valence-corrected chi connectivity index (χ1v) is 9.76. The summed E-state index contributed by atoms with van der Waals surface area (Å²) in [6.07, 6.45) is 9.71. The SMILES string of the molecule is CC(Sc1nccs1)C(=O)NC12CC3CC(CC(C3)C1)C2. The molecule has 21 heavy (non-hydrogen) atoms. The maximum absolute atomic E-state index is 12.6. The first-order chi connectivity index (χ1) is 10.1. The molecule has 0 saturated heterocycles. The van der Waals surface area contributed by atoms with Crippen LogP contribution in [-0.4, -0.2) is 21.7 Å². The van der Waals surface area contributed by atoms with Crippen LogP contribution >= 0.6 is 23.1 Å². The van der Waals surface area contributed by atoms with Crippen LogP contribution in [0.1, 0.15) is 45.4 Å². The number of amides is 1. The fraction of sp³-hybridized carbons (Fsp3) is 0.750. The highest BCUT2D eigenvalue weighted by Gasteiger charge is 2.51. The highest BCUT2D eigenvalue weighted by molar-refractivity contribution is 8.02. The van der Waals surface area contributed by atoms with Crippen LogP contribution in [0.3, 0.4) is 0 Å². The Hall–Kier alpha value is -0.550. The molecule has 4 bridgehead atoms. The van der Waals surface area contributed by atoms with Gasteiger partial charge in [-0.05, 0) is 63.2 Å². The standard InChI is InChI=1S/C16H22N2OS2/c1-10(21-15-17-2-3-20-15)14(19)18-16-7-11-4-12(8-16)6-13(5-11)9-16/h2-3,10-13H,4-9H2,1H3,(H,18,19). The van der Waals surface area contributed by atoms with Crippen molar-refractivity contribution in [1.82, 2.24) is 10.3 Å². The zero-order valence-electron chi connectivity index (χ0n) is 12.4. The predicted molar refractivity (Wildman–Crippen MR) is 86.5 cm³/mol. The Kier molecular flexibility index (Phi) is 3.53. The van der Waals surface area contributed by atoms with Crippen LogP contribution in [0, 0.1) is 17.8 Å². The number of hydrogen-bond donors (Lipinski definition) is 1. The van der Waals surface area contributed by atoms with Gasteiger partial charge in [-0.1, -0.05) is 11.8 Å². The van der Waals surface area contributed by atoms with E-state index in [1.165, 1.54) is 38.5 Å². The third-order valence-electron chi connectivity index (χ3n) is 5.48. The predicted octanol–water partition coefficient (Wildman–Crippen LogP) is 3.71. The van der Waals surface area contributed by atoms with Gasteiger partial charge >= 0.3 is 0 Å². The van der Waals surface area contributed by atoms with E-state index >= 15 is 0 Å². The Morgan fingerprint density at radius 2 is 1.95 bits per heavy atom. The number of thioether (sulfide) groups is 1. The van der Waals surface area contributed by atoms with Gasteiger partial charge in [0.2, 0.25) is 5.91 Å². The van der Waals surface area contributed by atoms with E-state index in [0.29, 0.717) is 0 Å². The van der Waals surface area contributed by atoms with Crippen molar-refractivity contribution in [2.24, 2.45) is 17.8 Å². The largest absolute Gasteiger partial charge is 0.350 e. The van der Waals surface area contributed by atoms with Crippen LogP contribution in [0.25, 0.3) is 0 Å². The minimum absolute atomic E-state index is 0.0517. The molecule has 4 saturated carbocycles. The van der Waals surface area contributed by atoms with E-state index in [0.717, 1.165) is 22.1 Å². The molecular formula is C16H22N2OS2. The summed E-state index contributed by atoms with van der Waals surface area (Å²) in [5.41, 5.74) is 0.129. The molecule has 0 aliphatic heterocycles. The molecule has 0 radical (unpaired) electrons. The molecule has 4 fully saturated rings. The number of hydrogen-bond acceptors (Lipinski definition) is 4. The van der Waals surface area contributed by atoms with Crippen LogP contribution in [0.4, 0.5) is 0 Å². The molecule has 1 aromatic heterocycles. The normalized spacial score (nSPS) is 38.4. The van der Waals surface area contributed by atoms with Crippen molar-refractivity contribution in [3.05, 3.63) is 11.6 Å².